The molecule has 1 aliphatic rings. The molecule has 2 rings (SSSR count). The molecule has 1 amide bonds. The van der Waals surface area contributed by atoms with Crippen LogP contribution in [0, 0.1) is 0 Å². The fourth-order valence-corrected chi connectivity index (χ4v) is 2.62. The average molecular weight is 284 g/mol. The number of anilines is 1. The third kappa shape index (κ3) is 4.45. The first-order valence-electron chi connectivity index (χ1n) is 6.57. The Balaban J connectivity index is 1.70. The third-order valence-electron chi connectivity index (χ3n) is 2.88. The fraction of sp³-hybridized carbons (Fsp3) is 0.667. The van der Waals surface area contributed by atoms with E-state index in [9.17, 15) is 4.79 Å². The number of rotatable bonds is 6. The normalized spacial score (nSPS) is 16.3. The highest BCUT2D eigenvalue weighted by atomic mass is 32.1. The van der Waals surface area contributed by atoms with Crippen LogP contribution in [0.2, 0.25) is 0 Å². The fourth-order valence-electron chi connectivity index (χ4n) is 1.85. The van der Waals surface area contributed by atoms with Gasteiger partial charge in [0.2, 0.25) is 0 Å². The summed E-state index contributed by atoms with van der Waals surface area (Å²) < 4.78 is 5.28. The van der Waals surface area contributed by atoms with Gasteiger partial charge in [-0.05, 0) is 6.92 Å². The summed E-state index contributed by atoms with van der Waals surface area (Å²) in [6.45, 7) is 7.77. The van der Waals surface area contributed by atoms with Gasteiger partial charge in [0, 0.05) is 38.1 Å². The Bertz CT molecular complexity index is 404. The standard InChI is InChI=1S/C12H20N4O2S/c1-2-13-12-15-10(9-19-12)11(17)14-3-4-16-5-7-18-8-6-16/h9H,2-8H2,1H3,(H,13,15)(H,14,17). The minimum Gasteiger partial charge on any atom is -0.379 e. The van der Waals surface area contributed by atoms with Crippen LogP contribution in [-0.4, -0.2) is 61.7 Å². The van der Waals surface area contributed by atoms with Crippen molar-refractivity contribution in [3.63, 3.8) is 0 Å². The Labute approximate surface area is 117 Å². The number of carbonyl (C=O) groups excluding carboxylic acids is 1. The molecule has 7 heteroatoms. The zero-order valence-electron chi connectivity index (χ0n) is 11.1. The number of aromatic nitrogens is 1. The van der Waals surface area contributed by atoms with E-state index in [0.29, 0.717) is 12.2 Å². The molecule has 6 nitrogen and oxygen atoms in total. The van der Waals surface area contributed by atoms with E-state index in [1.54, 1.807) is 5.38 Å². The van der Waals surface area contributed by atoms with E-state index in [1.165, 1.54) is 11.3 Å². The van der Waals surface area contributed by atoms with Gasteiger partial charge >= 0.3 is 0 Å². The van der Waals surface area contributed by atoms with Crippen LogP contribution in [0.3, 0.4) is 0 Å². The molecule has 1 aromatic heterocycles. The number of ether oxygens (including phenoxy) is 1. The average Bonchev–Trinajstić information content (AvgIpc) is 2.89. The highest BCUT2D eigenvalue weighted by molar-refractivity contribution is 7.13. The second kappa shape index (κ2) is 7.42. The van der Waals surface area contributed by atoms with Gasteiger partial charge in [-0.2, -0.15) is 0 Å². The maximum atomic E-state index is 11.9. The van der Waals surface area contributed by atoms with Crippen LogP contribution in [0.5, 0.6) is 0 Å². The molecule has 1 aromatic rings. The number of carbonyl (C=O) groups is 1. The molecule has 0 aliphatic carbocycles. The molecule has 1 fully saturated rings. The lowest BCUT2D eigenvalue weighted by Gasteiger charge is -2.26. The summed E-state index contributed by atoms with van der Waals surface area (Å²) in [5, 5.41) is 8.56. The van der Waals surface area contributed by atoms with Crippen LogP contribution in [0.25, 0.3) is 0 Å². The minimum absolute atomic E-state index is 0.103. The van der Waals surface area contributed by atoms with Gasteiger partial charge in [0.15, 0.2) is 5.13 Å². The number of hydrogen-bond donors (Lipinski definition) is 2. The van der Waals surface area contributed by atoms with Crippen LogP contribution in [0.15, 0.2) is 5.38 Å². The number of nitrogens with one attached hydrogen (secondary N) is 2. The van der Waals surface area contributed by atoms with Gasteiger partial charge in [-0.1, -0.05) is 0 Å². The molecule has 0 aromatic carbocycles. The predicted octanol–water partition coefficient (Wildman–Crippen LogP) is 0.637. The largest absolute Gasteiger partial charge is 0.379 e. The van der Waals surface area contributed by atoms with Crippen molar-refractivity contribution in [1.29, 1.82) is 0 Å². The highest BCUT2D eigenvalue weighted by Gasteiger charge is 2.12. The maximum absolute atomic E-state index is 11.9. The van der Waals surface area contributed by atoms with Gasteiger partial charge in [0.05, 0.1) is 13.2 Å². The van der Waals surface area contributed by atoms with Crippen LogP contribution in [0.4, 0.5) is 5.13 Å². The SMILES string of the molecule is CCNc1nc(C(=O)NCCN2CCOCC2)cs1. The Morgan fingerprint density at radius 2 is 2.32 bits per heavy atom. The Kier molecular flexibility index (Phi) is 5.56. The van der Waals surface area contributed by atoms with Crippen LogP contribution >= 0.6 is 11.3 Å². The van der Waals surface area contributed by atoms with Crippen molar-refractivity contribution >= 4 is 22.4 Å². The molecule has 0 unspecified atom stereocenters. The van der Waals surface area contributed by atoms with Crippen molar-refractivity contribution in [2.45, 2.75) is 6.92 Å². The van der Waals surface area contributed by atoms with Gasteiger partial charge < -0.3 is 15.4 Å². The molecule has 2 heterocycles. The van der Waals surface area contributed by atoms with E-state index in [1.807, 2.05) is 6.92 Å². The van der Waals surface area contributed by atoms with E-state index >= 15 is 0 Å². The quantitative estimate of drug-likeness (QED) is 0.802. The summed E-state index contributed by atoms with van der Waals surface area (Å²) in [5.41, 5.74) is 0.489. The van der Waals surface area contributed by atoms with E-state index in [-0.39, 0.29) is 5.91 Å². The predicted molar refractivity (Wildman–Crippen MR) is 75.9 cm³/mol. The number of morpholine rings is 1. The minimum atomic E-state index is -0.103. The van der Waals surface area contributed by atoms with E-state index in [0.717, 1.165) is 44.5 Å². The zero-order chi connectivity index (χ0) is 13.5. The van der Waals surface area contributed by atoms with Gasteiger partial charge in [-0.15, -0.1) is 11.3 Å². The number of nitrogens with zero attached hydrogens (tertiary/aromatic N) is 2. The monoisotopic (exact) mass is 284 g/mol. The molecule has 2 N–H and O–H groups in total. The summed E-state index contributed by atoms with van der Waals surface area (Å²) in [6, 6.07) is 0. The lowest BCUT2D eigenvalue weighted by Crippen LogP contribution is -2.41. The second-order valence-electron chi connectivity index (χ2n) is 4.28. The van der Waals surface area contributed by atoms with Crippen LogP contribution in [0.1, 0.15) is 17.4 Å². The second-order valence-corrected chi connectivity index (χ2v) is 5.14. The molecule has 0 atom stereocenters. The van der Waals surface area contributed by atoms with Crippen LogP contribution < -0.4 is 10.6 Å². The number of thiazole rings is 1. The van der Waals surface area contributed by atoms with Crippen molar-refractivity contribution in [2.24, 2.45) is 0 Å². The van der Waals surface area contributed by atoms with Crippen molar-refractivity contribution < 1.29 is 9.53 Å². The lowest BCUT2D eigenvalue weighted by atomic mass is 10.4. The smallest absolute Gasteiger partial charge is 0.270 e. The Morgan fingerprint density at radius 1 is 1.53 bits per heavy atom. The molecule has 0 saturated carbocycles. The van der Waals surface area contributed by atoms with E-state index in [2.05, 4.69) is 20.5 Å². The Hall–Kier alpha value is -1.18. The molecular formula is C12H20N4O2S. The van der Waals surface area contributed by atoms with Gasteiger partial charge in [-0.3, -0.25) is 9.69 Å². The third-order valence-corrected chi connectivity index (χ3v) is 3.68. The molecule has 0 radical (unpaired) electrons. The summed E-state index contributed by atoms with van der Waals surface area (Å²) in [5.74, 6) is -0.103. The topological polar surface area (TPSA) is 66.5 Å². The van der Waals surface area contributed by atoms with E-state index < -0.39 is 0 Å². The number of amides is 1. The highest BCUT2D eigenvalue weighted by Crippen LogP contribution is 2.14. The van der Waals surface area contributed by atoms with Crippen molar-refractivity contribution in [2.75, 3.05) is 51.3 Å². The Morgan fingerprint density at radius 3 is 3.05 bits per heavy atom. The van der Waals surface area contributed by atoms with Crippen molar-refractivity contribution in [1.82, 2.24) is 15.2 Å². The molecule has 106 valence electrons. The van der Waals surface area contributed by atoms with Crippen LogP contribution in [-0.2, 0) is 4.74 Å². The zero-order valence-corrected chi connectivity index (χ0v) is 12.0. The summed E-state index contributed by atoms with van der Waals surface area (Å²) in [7, 11) is 0. The van der Waals surface area contributed by atoms with Gasteiger partial charge in [0.25, 0.3) is 5.91 Å². The summed E-state index contributed by atoms with van der Waals surface area (Å²) >= 11 is 1.45. The van der Waals surface area contributed by atoms with Crippen molar-refractivity contribution in [3.05, 3.63) is 11.1 Å². The van der Waals surface area contributed by atoms with Gasteiger partial charge in [-0.25, -0.2) is 4.98 Å². The number of hydrogen-bond acceptors (Lipinski definition) is 6. The molecule has 19 heavy (non-hydrogen) atoms. The first-order valence-corrected chi connectivity index (χ1v) is 7.45. The summed E-state index contributed by atoms with van der Waals surface area (Å²) in [4.78, 5) is 18.4. The molecule has 0 spiro atoms. The first-order chi connectivity index (χ1) is 9.29. The molecule has 1 aliphatic heterocycles. The first kappa shape index (κ1) is 14.2. The van der Waals surface area contributed by atoms with Crippen molar-refractivity contribution in [3.8, 4) is 0 Å². The molecular weight excluding hydrogens is 264 g/mol. The maximum Gasteiger partial charge on any atom is 0.270 e. The van der Waals surface area contributed by atoms with E-state index in [4.69, 9.17) is 4.74 Å². The molecule has 0 bridgehead atoms. The molecule has 1 saturated heterocycles. The lowest BCUT2D eigenvalue weighted by molar-refractivity contribution is 0.0383. The van der Waals surface area contributed by atoms with Gasteiger partial charge in [0.1, 0.15) is 5.69 Å². The summed E-state index contributed by atoms with van der Waals surface area (Å²) in [6.07, 6.45) is 0.